The molecule has 1 N–H and O–H groups in total. The molecule has 1 fully saturated rings. The van der Waals surface area contributed by atoms with E-state index in [9.17, 15) is 22.4 Å². The van der Waals surface area contributed by atoms with Crippen LogP contribution in [0.2, 0.25) is 5.02 Å². The third kappa shape index (κ3) is 4.85. The molecular weight excluding hydrogens is 421 g/mol. The van der Waals surface area contributed by atoms with E-state index in [1.807, 2.05) is 0 Å². The average molecular weight is 442 g/mol. The van der Waals surface area contributed by atoms with Gasteiger partial charge in [0.05, 0.1) is 5.69 Å². The van der Waals surface area contributed by atoms with Crippen LogP contribution >= 0.6 is 11.6 Å². The largest absolute Gasteiger partial charge is 0.322 e. The number of aromatic nitrogens is 1. The van der Waals surface area contributed by atoms with Gasteiger partial charge in [-0.25, -0.2) is 12.8 Å². The molecule has 0 aliphatic carbocycles. The number of nitrogens with zero attached hydrogens (tertiary/aromatic N) is 2. The van der Waals surface area contributed by atoms with E-state index in [1.54, 1.807) is 0 Å². The van der Waals surface area contributed by atoms with Gasteiger partial charge in [0.15, 0.2) is 0 Å². The van der Waals surface area contributed by atoms with E-state index in [0.717, 1.165) is 23.5 Å². The molecule has 7 nitrogen and oxygen atoms in total. The van der Waals surface area contributed by atoms with Crippen LogP contribution in [0.15, 0.2) is 46.2 Å². The molecule has 1 aliphatic heterocycles. The first-order chi connectivity index (χ1) is 13.7. The highest BCUT2D eigenvalue weighted by Gasteiger charge is 2.30. The number of pyridine rings is 1. The number of nitrogens with one attached hydrogen (secondary N) is 1. The molecule has 0 atom stereocenters. The van der Waals surface area contributed by atoms with Gasteiger partial charge in [-0.2, -0.15) is 4.31 Å². The number of benzene rings is 1. The van der Waals surface area contributed by atoms with Gasteiger partial charge >= 0.3 is 0 Å². The van der Waals surface area contributed by atoms with Crippen molar-refractivity contribution in [2.75, 3.05) is 18.4 Å². The van der Waals surface area contributed by atoms with Crippen LogP contribution in [-0.2, 0) is 21.4 Å². The van der Waals surface area contributed by atoms with Crippen LogP contribution in [0.5, 0.6) is 0 Å². The smallest absolute Gasteiger partial charge is 0.271 e. The van der Waals surface area contributed by atoms with Gasteiger partial charge in [0.25, 0.3) is 5.56 Å². The van der Waals surface area contributed by atoms with E-state index in [2.05, 4.69) is 12.2 Å². The number of piperidine rings is 1. The van der Waals surface area contributed by atoms with Crippen molar-refractivity contribution in [2.45, 2.75) is 31.2 Å². The second kappa shape index (κ2) is 8.64. The minimum atomic E-state index is -3.95. The lowest BCUT2D eigenvalue weighted by Gasteiger charge is -2.29. The Morgan fingerprint density at radius 3 is 2.62 bits per heavy atom. The molecule has 2 aromatic rings. The monoisotopic (exact) mass is 441 g/mol. The Balaban J connectivity index is 1.79. The molecule has 0 unspecified atom stereocenters. The summed E-state index contributed by atoms with van der Waals surface area (Å²) in [7, 11) is -3.95. The van der Waals surface area contributed by atoms with Gasteiger partial charge in [0.2, 0.25) is 15.9 Å². The molecule has 3 rings (SSSR count). The number of halogens is 2. The average Bonchev–Trinajstić information content (AvgIpc) is 2.66. The second-order valence-corrected chi connectivity index (χ2v) is 9.41. The summed E-state index contributed by atoms with van der Waals surface area (Å²) in [5.74, 6) is -0.950. The minimum Gasteiger partial charge on any atom is -0.322 e. The lowest BCUT2D eigenvalue weighted by atomic mass is 10.0. The number of carbonyl (C=O) groups is 1. The molecule has 0 bridgehead atoms. The number of carbonyl (C=O) groups excluding carboxylic acids is 1. The number of sulfonamides is 1. The Hall–Kier alpha value is -2.23. The summed E-state index contributed by atoms with van der Waals surface area (Å²) in [5, 5.41) is 2.53. The van der Waals surface area contributed by atoms with Crippen molar-refractivity contribution in [3.05, 3.63) is 57.7 Å². The molecule has 1 aliphatic rings. The summed E-state index contributed by atoms with van der Waals surface area (Å²) in [6.07, 6.45) is 2.78. The SMILES string of the molecule is CC1CCN(S(=O)(=O)c2cccn(CC(=O)Nc3ccc(Cl)cc3F)c2=O)CC1. The van der Waals surface area contributed by atoms with Crippen molar-refractivity contribution < 1.29 is 17.6 Å². The lowest BCUT2D eigenvalue weighted by Crippen LogP contribution is -2.41. The van der Waals surface area contributed by atoms with Crippen LogP contribution in [0.25, 0.3) is 0 Å². The molecule has 0 saturated carbocycles. The highest BCUT2D eigenvalue weighted by Crippen LogP contribution is 2.22. The normalized spacial score (nSPS) is 16.0. The predicted molar refractivity (Wildman–Crippen MR) is 108 cm³/mol. The lowest BCUT2D eigenvalue weighted by molar-refractivity contribution is -0.116. The first-order valence-corrected chi connectivity index (χ1v) is 10.9. The molecular formula is C19H21ClFN3O4S. The van der Waals surface area contributed by atoms with E-state index in [4.69, 9.17) is 11.6 Å². The number of amides is 1. The Bertz CT molecular complexity index is 1080. The van der Waals surface area contributed by atoms with E-state index < -0.39 is 33.9 Å². The van der Waals surface area contributed by atoms with Gasteiger partial charge in [-0.3, -0.25) is 9.59 Å². The standard InChI is InChI=1S/C19H21ClFN3O4S/c1-13-6-9-24(10-7-13)29(27,28)17-3-2-8-23(19(17)26)12-18(25)22-16-5-4-14(20)11-15(16)21/h2-5,8,11,13H,6-7,9-10,12H2,1H3,(H,22,25). The fourth-order valence-corrected chi connectivity index (χ4v) is 4.85. The first kappa shape index (κ1) is 21.5. The van der Waals surface area contributed by atoms with Gasteiger partial charge in [0.1, 0.15) is 17.3 Å². The summed E-state index contributed by atoms with van der Waals surface area (Å²) >= 11 is 5.68. The van der Waals surface area contributed by atoms with Crippen LogP contribution in [0.3, 0.4) is 0 Å². The number of hydrogen-bond acceptors (Lipinski definition) is 4. The number of hydrogen-bond donors (Lipinski definition) is 1. The van der Waals surface area contributed by atoms with Gasteiger partial charge in [-0.1, -0.05) is 18.5 Å². The minimum absolute atomic E-state index is 0.0846. The van der Waals surface area contributed by atoms with Gasteiger partial charge in [-0.15, -0.1) is 0 Å². The maximum atomic E-state index is 13.8. The summed E-state index contributed by atoms with van der Waals surface area (Å²) < 4.78 is 41.9. The van der Waals surface area contributed by atoms with Crippen LogP contribution < -0.4 is 10.9 Å². The number of rotatable bonds is 5. The molecule has 0 spiro atoms. The molecule has 1 saturated heterocycles. The Morgan fingerprint density at radius 2 is 1.97 bits per heavy atom. The van der Waals surface area contributed by atoms with Crippen molar-refractivity contribution in [1.82, 2.24) is 8.87 Å². The molecule has 0 radical (unpaired) electrons. The zero-order valence-electron chi connectivity index (χ0n) is 15.8. The molecule has 2 heterocycles. The van der Waals surface area contributed by atoms with Crippen LogP contribution in [0.1, 0.15) is 19.8 Å². The van der Waals surface area contributed by atoms with Crippen molar-refractivity contribution in [3.63, 3.8) is 0 Å². The van der Waals surface area contributed by atoms with E-state index in [0.29, 0.717) is 19.0 Å². The van der Waals surface area contributed by atoms with Crippen molar-refractivity contribution in [3.8, 4) is 0 Å². The summed E-state index contributed by atoms with van der Waals surface area (Å²) in [5.41, 5.74) is -0.878. The van der Waals surface area contributed by atoms with E-state index in [-0.39, 0.29) is 15.6 Å². The Labute approximate surface area is 173 Å². The zero-order chi connectivity index (χ0) is 21.2. The van der Waals surface area contributed by atoms with Crippen molar-refractivity contribution in [2.24, 2.45) is 5.92 Å². The highest BCUT2D eigenvalue weighted by atomic mass is 35.5. The van der Waals surface area contributed by atoms with E-state index in [1.165, 1.54) is 34.8 Å². The first-order valence-electron chi connectivity index (χ1n) is 9.13. The molecule has 10 heteroatoms. The van der Waals surface area contributed by atoms with Gasteiger partial charge in [-0.05, 0) is 49.1 Å². The third-order valence-corrected chi connectivity index (χ3v) is 7.01. The zero-order valence-corrected chi connectivity index (χ0v) is 17.3. The number of anilines is 1. The summed E-state index contributed by atoms with van der Waals surface area (Å²) in [6, 6.07) is 6.41. The molecule has 29 heavy (non-hydrogen) atoms. The molecule has 1 aromatic carbocycles. The van der Waals surface area contributed by atoms with Crippen LogP contribution in [0.4, 0.5) is 10.1 Å². The van der Waals surface area contributed by atoms with Gasteiger partial charge in [0, 0.05) is 24.3 Å². The van der Waals surface area contributed by atoms with Crippen molar-refractivity contribution >= 4 is 33.2 Å². The third-order valence-electron chi connectivity index (χ3n) is 4.86. The van der Waals surface area contributed by atoms with Crippen LogP contribution in [0, 0.1) is 11.7 Å². The maximum absolute atomic E-state index is 13.8. The Kier molecular flexibility index (Phi) is 6.40. The highest BCUT2D eigenvalue weighted by molar-refractivity contribution is 7.89. The summed E-state index contributed by atoms with van der Waals surface area (Å²) in [6.45, 7) is 2.31. The maximum Gasteiger partial charge on any atom is 0.271 e. The second-order valence-electron chi connectivity index (χ2n) is 7.06. The summed E-state index contributed by atoms with van der Waals surface area (Å²) in [4.78, 5) is 24.6. The van der Waals surface area contributed by atoms with Gasteiger partial charge < -0.3 is 9.88 Å². The molecule has 1 aromatic heterocycles. The Morgan fingerprint density at radius 1 is 1.28 bits per heavy atom. The van der Waals surface area contributed by atoms with E-state index >= 15 is 0 Å². The fraction of sp³-hybridized carbons (Fsp3) is 0.368. The molecule has 1 amide bonds. The van der Waals surface area contributed by atoms with Crippen LogP contribution in [-0.4, -0.2) is 36.3 Å². The topological polar surface area (TPSA) is 88.5 Å². The van der Waals surface area contributed by atoms with Crippen molar-refractivity contribution in [1.29, 1.82) is 0 Å². The quantitative estimate of drug-likeness (QED) is 0.772. The molecule has 156 valence electrons. The fourth-order valence-electron chi connectivity index (χ4n) is 3.14. The predicted octanol–water partition coefficient (Wildman–Crippen LogP) is 2.70.